The second kappa shape index (κ2) is 11.2. The molecule has 0 atom stereocenters. The van der Waals surface area contributed by atoms with Crippen LogP contribution in [0.5, 0.6) is 0 Å². The van der Waals surface area contributed by atoms with Gasteiger partial charge in [0.1, 0.15) is 28.4 Å². The van der Waals surface area contributed by atoms with Gasteiger partial charge in [-0.1, -0.05) is 109 Å². The number of rotatable bonds is 4. The summed E-state index contributed by atoms with van der Waals surface area (Å²) in [7, 11) is 0. The summed E-state index contributed by atoms with van der Waals surface area (Å²) in [6.07, 6.45) is 0. The lowest BCUT2D eigenvalue weighted by molar-refractivity contribution is 0.668. The van der Waals surface area contributed by atoms with Gasteiger partial charge in [0.25, 0.3) is 0 Å². The normalized spacial score (nSPS) is 11.8. The zero-order valence-corrected chi connectivity index (χ0v) is 28.0. The van der Waals surface area contributed by atoms with Gasteiger partial charge in [-0.15, -0.1) is 0 Å². The Morgan fingerprint density at radius 3 is 1.94 bits per heavy atom. The molecule has 7 aromatic carbocycles. The summed E-state index contributed by atoms with van der Waals surface area (Å²) in [5, 5.41) is 16.4. The van der Waals surface area contributed by atoms with Crippen LogP contribution in [0.25, 0.3) is 106 Å². The Labute approximate surface area is 301 Å². The first kappa shape index (κ1) is 29.2. The molecule has 4 aromatic heterocycles. The second-order valence-corrected chi connectivity index (χ2v) is 13.1. The van der Waals surface area contributed by atoms with Gasteiger partial charge in [0.15, 0.2) is 11.6 Å². The van der Waals surface area contributed by atoms with Gasteiger partial charge in [0, 0.05) is 49.0 Å². The number of benzene rings is 7. The molecule has 53 heavy (non-hydrogen) atoms. The molecule has 0 radical (unpaired) electrons. The summed E-state index contributed by atoms with van der Waals surface area (Å²) in [5.41, 5.74) is 9.10. The fraction of sp³-hybridized carbons (Fsp3) is 0. The summed E-state index contributed by atoms with van der Waals surface area (Å²) >= 11 is 0. The molecule has 11 aromatic rings. The van der Waals surface area contributed by atoms with E-state index >= 15 is 0 Å². The van der Waals surface area contributed by atoms with Gasteiger partial charge in [0.05, 0.1) is 16.6 Å². The highest BCUT2D eigenvalue weighted by molar-refractivity contribution is 6.12. The van der Waals surface area contributed by atoms with E-state index < -0.39 is 0 Å². The van der Waals surface area contributed by atoms with Crippen LogP contribution in [0.15, 0.2) is 160 Å². The predicted octanol–water partition coefficient (Wildman–Crippen LogP) is 11.6. The molecule has 0 saturated heterocycles. The highest BCUT2D eigenvalue weighted by Crippen LogP contribution is 2.39. The zero-order chi connectivity index (χ0) is 35.0. The largest absolute Gasteiger partial charge is 0.456 e. The van der Waals surface area contributed by atoms with Gasteiger partial charge >= 0.3 is 0 Å². The van der Waals surface area contributed by atoms with Gasteiger partial charge in [-0.25, -0.2) is 4.98 Å². The van der Waals surface area contributed by atoms with E-state index in [1.54, 1.807) is 0 Å². The van der Waals surface area contributed by atoms with Crippen LogP contribution in [-0.2, 0) is 0 Å². The maximum absolute atomic E-state index is 10.2. The highest BCUT2D eigenvalue weighted by atomic mass is 16.3. The topological polar surface area (TPSA) is 93.7 Å². The third kappa shape index (κ3) is 4.43. The number of hydrogen-bond acceptors (Lipinski definition) is 6. The summed E-state index contributed by atoms with van der Waals surface area (Å²) in [6, 6.07) is 52.9. The van der Waals surface area contributed by atoms with Gasteiger partial charge in [0.2, 0.25) is 5.95 Å². The number of para-hydroxylation sites is 4. The Kier molecular flexibility index (Phi) is 6.18. The fourth-order valence-corrected chi connectivity index (χ4v) is 7.68. The molecule has 0 unspecified atom stereocenters. The van der Waals surface area contributed by atoms with Crippen molar-refractivity contribution in [1.82, 2.24) is 19.5 Å². The van der Waals surface area contributed by atoms with Crippen LogP contribution < -0.4 is 0 Å². The van der Waals surface area contributed by atoms with Crippen molar-refractivity contribution in [1.29, 1.82) is 5.26 Å². The van der Waals surface area contributed by atoms with Crippen molar-refractivity contribution in [3.63, 3.8) is 0 Å². The molecule has 0 aliphatic heterocycles. The van der Waals surface area contributed by atoms with E-state index in [1.165, 1.54) is 0 Å². The van der Waals surface area contributed by atoms with Crippen LogP contribution >= 0.6 is 0 Å². The lowest BCUT2D eigenvalue weighted by Crippen LogP contribution is -2.07. The molecule has 4 heterocycles. The molecule has 0 spiro atoms. The van der Waals surface area contributed by atoms with E-state index in [4.69, 9.17) is 23.8 Å². The molecule has 0 N–H and O–H groups in total. The number of hydrogen-bond donors (Lipinski definition) is 0. The maximum Gasteiger partial charge on any atom is 0.238 e. The third-order valence-electron chi connectivity index (χ3n) is 10.1. The highest BCUT2D eigenvalue weighted by Gasteiger charge is 2.21. The summed E-state index contributed by atoms with van der Waals surface area (Å²) in [6.45, 7) is 0. The van der Waals surface area contributed by atoms with Crippen LogP contribution in [0, 0.1) is 11.3 Å². The Morgan fingerprint density at radius 2 is 1.11 bits per heavy atom. The lowest BCUT2D eigenvalue weighted by Gasteiger charge is -2.11. The van der Waals surface area contributed by atoms with E-state index in [9.17, 15) is 5.26 Å². The Balaban J connectivity index is 1.09. The first-order chi connectivity index (χ1) is 26.2. The molecule has 0 aliphatic carbocycles. The van der Waals surface area contributed by atoms with Gasteiger partial charge in [-0.05, 0) is 48.0 Å². The standard InChI is InChI=1S/C46H25N5O2/c47-26-30-12-8-16-36-32-13-4-6-18-38(32)51(42(30)36)46-49-44(27-10-2-1-3-11-27)48-45(50-46)29-21-23-35-34-22-20-28(24-40(34)52-41(35)25-29)31-15-9-17-37-33-14-5-7-19-39(33)53-43(31)37/h1-25H. The maximum atomic E-state index is 10.2. The van der Waals surface area contributed by atoms with Crippen molar-refractivity contribution >= 4 is 65.7 Å². The Morgan fingerprint density at radius 1 is 0.472 bits per heavy atom. The zero-order valence-electron chi connectivity index (χ0n) is 28.0. The van der Waals surface area contributed by atoms with Crippen molar-refractivity contribution in [3.05, 3.63) is 157 Å². The smallest absolute Gasteiger partial charge is 0.238 e. The molecule has 0 aliphatic rings. The monoisotopic (exact) mass is 679 g/mol. The predicted molar refractivity (Wildman–Crippen MR) is 210 cm³/mol. The first-order valence-corrected chi connectivity index (χ1v) is 17.3. The lowest BCUT2D eigenvalue weighted by atomic mass is 10.0. The second-order valence-electron chi connectivity index (χ2n) is 13.1. The number of furan rings is 2. The molecule has 0 amide bonds. The molecule has 7 nitrogen and oxygen atoms in total. The Hall–Kier alpha value is -7.56. The molecule has 0 saturated carbocycles. The molecular formula is C46H25N5O2. The summed E-state index contributed by atoms with van der Waals surface area (Å²) < 4.78 is 14.9. The molecule has 0 fully saturated rings. The minimum Gasteiger partial charge on any atom is -0.456 e. The average Bonchev–Trinajstić information content (AvgIpc) is 3.90. The summed E-state index contributed by atoms with van der Waals surface area (Å²) in [4.78, 5) is 15.1. The number of fused-ring (bicyclic) bond motifs is 9. The van der Waals surface area contributed by atoms with E-state index in [1.807, 2.05) is 102 Å². The van der Waals surface area contributed by atoms with E-state index in [2.05, 4.69) is 60.7 Å². The van der Waals surface area contributed by atoms with Crippen LogP contribution in [0.4, 0.5) is 0 Å². The van der Waals surface area contributed by atoms with Crippen LogP contribution in [-0.4, -0.2) is 19.5 Å². The van der Waals surface area contributed by atoms with Crippen molar-refractivity contribution in [2.24, 2.45) is 0 Å². The molecule has 7 heteroatoms. The molecule has 246 valence electrons. The number of aromatic nitrogens is 4. The summed E-state index contributed by atoms with van der Waals surface area (Å²) in [5.74, 6) is 1.45. The molecule has 11 rings (SSSR count). The number of nitrogens with zero attached hydrogens (tertiary/aromatic N) is 5. The van der Waals surface area contributed by atoms with Gasteiger partial charge < -0.3 is 8.83 Å². The van der Waals surface area contributed by atoms with Gasteiger partial charge in [-0.2, -0.15) is 15.2 Å². The average molecular weight is 680 g/mol. The van der Waals surface area contributed by atoms with E-state index in [-0.39, 0.29) is 0 Å². The quantitative estimate of drug-likeness (QED) is 0.184. The van der Waals surface area contributed by atoms with Crippen LogP contribution in [0.1, 0.15) is 5.56 Å². The van der Waals surface area contributed by atoms with Crippen molar-refractivity contribution < 1.29 is 8.83 Å². The Bertz CT molecular complexity index is 3310. The SMILES string of the molecule is N#Cc1cccc2c3ccccc3n(-c3nc(-c4ccccc4)nc(-c4ccc5c(c4)oc4cc(-c6cccc7c6oc6ccccc67)ccc45)n3)c12. The molecular weight excluding hydrogens is 655 g/mol. The van der Waals surface area contributed by atoms with Crippen molar-refractivity contribution in [2.45, 2.75) is 0 Å². The van der Waals surface area contributed by atoms with Gasteiger partial charge in [-0.3, -0.25) is 4.57 Å². The number of nitriles is 1. The fourth-order valence-electron chi connectivity index (χ4n) is 7.68. The van der Waals surface area contributed by atoms with Crippen LogP contribution in [0.2, 0.25) is 0 Å². The van der Waals surface area contributed by atoms with Crippen molar-refractivity contribution in [2.75, 3.05) is 0 Å². The van der Waals surface area contributed by atoms with E-state index in [0.717, 1.165) is 87.9 Å². The first-order valence-electron chi connectivity index (χ1n) is 17.3. The molecule has 0 bridgehead atoms. The van der Waals surface area contributed by atoms with Crippen LogP contribution in [0.3, 0.4) is 0 Å². The van der Waals surface area contributed by atoms with Crippen molar-refractivity contribution in [3.8, 4) is 45.9 Å². The van der Waals surface area contributed by atoms with E-state index in [0.29, 0.717) is 23.2 Å². The minimum atomic E-state index is 0.428. The third-order valence-corrected chi connectivity index (χ3v) is 10.1. The minimum absolute atomic E-state index is 0.428.